The molecule has 0 unspecified atom stereocenters. The van der Waals surface area contributed by atoms with Crippen LogP contribution >= 0.6 is 12.2 Å². The van der Waals surface area contributed by atoms with Gasteiger partial charge in [-0.15, -0.1) is 0 Å². The van der Waals surface area contributed by atoms with Crippen LogP contribution < -0.4 is 0 Å². The van der Waals surface area contributed by atoms with Crippen LogP contribution in [0.15, 0.2) is 41.4 Å². The highest BCUT2D eigenvalue weighted by molar-refractivity contribution is 7.78. The third-order valence-corrected chi connectivity index (χ3v) is 5.40. The summed E-state index contributed by atoms with van der Waals surface area (Å²) in [7, 11) is 0. The molecule has 0 fully saturated rings. The second-order valence-corrected chi connectivity index (χ2v) is 8.00. The van der Waals surface area contributed by atoms with E-state index in [1.165, 1.54) is 0 Å². The molecule has 0 aliphatic rings. The number of halogens is 4. The van der Waals surface area contributed by atoms with Crippen LogP contribution in [0.3, 0.4) is 0 Å². The summed E-state index contributed by atoms with van der Waals surface area (Å²) in [6.07, 6.45) is -4.78. The number of benzene rings is 3. The molecule has 6 heteroatoms. The topological polar surface area (TPSA) is 12.4 Å². The molecule has 3 aromatic carbocycles. The molecule has 0 aliphatic heterocycles. The molecular weight excluding hydrogens is 422 g/mol. The Morgan fingerprint density at radius 2 is 1.19 bits per heavy atom. The molecular formula is C25H21F4NS. The minimum Gasteiger partial charge on any atom is -0.205 e. The van der Waals surface area contributed by atoms with Gasteiger partial charge in [-0.1, -0.05) is 29.8 Å². The van der Waals surface area contributed by atoms with E-state index in [1.807, 2.05) is 51.9 Å². The maximum Gasteiger partial charge on any atom is 0.418 e. The Hall–Kier alpha value is -2.82. The maximum atomic E-state index is 14.6. The van der Waals surface area contributed by atoms with Gasteiger partial charge in [-0.2, -0.15) is 18.2 Å². The average Bonchev–Trinajstić information content (AvgIpc) is 2.61. The third-order valence-electron chi connectivity index (χ3n) is 5.31. The van der Waals surface area contributed by atoms with Gasteiger partial charge in [0.1, 0.15) is 5.69 Å². The highest BCUT2D eigenvalue weighted by Gasteiger charge is 2.36. The zero-order valence-electron chi connectivity index (χ0n) is 17.8. The van der Waals surface area contributed by atoms with Crippen LogP contribution in [-0.4, -0.2) is 5.16 Å². The van der Waals surface area contributed by atoms with Crippen molar-refractivity contribution in [2.24, 2.45) is 4.99 Å². The molecule has 0 atom stereocenters. The lowest BCUT2D eigenvalue weighted by atomic mass is 9.87. The molecule has 0 heterocycles. The fraction of sp³-hybridized carbons (Fsp3) is 0.240. The molecule has 0 radical (unpaired) electrons. The summed E-state index contributed by atoms with van der Waals surface area (Å²) >= 11 is 4.38. The smallest absolute Gasteiger partial charge is 0.205 e. The van der Waals surface area contributed by atoms with Crippen LogP contribution in [-0.2, 0) is 6.18 Å². The molecule has 0 amide bonds. The fourth-order valence-electron chi connectivity index (χ4n) is 4.32. The molecule has 0 aromatic heterocycles. The van der Waals surface area contributed by atoms with E-state index in [2.05, 4.69) is 29.3 Å². The normalized spacial score (nSPS) is 11.4. The molecule has 0 bridgehead atoms. The second kappa shape index (κ2) is 8.37. The van der Waals surface area contributed by atoms with E-state index in [9.17, 15) is 17.6 Å². The number of hydrogen-bond donors (Lipinski definition) is 0. The number of thiocarbonyl (C=S) groups is 1. The van der Waals surface area contributed by atoms with Gasteiger partial charge in [0.15, 0.2) is 5.82 Å². The molecule has 0 spiro atoms. The van der Waals surface area contributed by atoms with Crippen molar-refractivity contribution in [1.29, 1.82) is 0 Å². The minimum absolute atomic E-state index is 0.145. The lowest BCUT2D eigenvalue weighted by Gasteiger charge is -2.18. The Morgan fingerprint density at radius 1 is 0.742 bits per heavy atom. The monoisotopic (exact) mass is 443 g/mol. The predicted molar refractivity (Wildman–Crippen MR) is 121 cm³/mol. The first-order valence-electron chi connectivity index (χ1n) is 9.62. The van der Waals surface area contributed by atoms with Crippen LogP contribution in [0.1, 0.15) is 33.4 Å². The summed E-state index contributed by atoms with van der Waals surface area (Å²) in [4.78, 5) is 3.30. The summed E-state index contributed by atoms with van der Waals surface area (Å²) in [5, 5.41) is 1.83. The fourth-order valence-corrected chi connectivity index (χ4v) is 4.41. The second-order valence-electron chi connectivity index (χ2n) is 7.81. The first-order chi connectivity index (χ1) is 14.4. The Labute approximate surface area is 184 Å². The highest BCUT2D eigenvalue weighted by Crippen LogP contribution is 2.42. The number of rotatable bonds is 3. The number of nitrogens with zero attached hydrogens (tertiary/aromatic N) is 1. The van der Waals surface area contributed by atoms with Crippen LogP contribution in [0, 0.1) is 40.4 Å². The lowest BCUT2D eigenvalue weighted by molar-refractivity contribution is -0.137. The van der Waals surface area contributed by atoms with Crippen molar-refractivity contribution in [3.05, 3.63) is 75.6 Å². The quantitative estimate of drug-likeness (QED) is 0.225. The third kappa shape index (κ3) is 4.46. The van der Waals surface area contributed by atoms with Crippen LogP contribution in [0.5, 0.6) is 0 Å². The zero-order valence-corrected chi connectivity index (χ0v) is 18.6. The van der Waals surface area contributed by atoms with Gasteiger partial charge in [-0.05, 0) is 103 Å². The van der Waals surface area contributed by atoms with E-state index in [0.717, 1.165) is 51.1 Å². The number of isothiocyanates is 1. The molecule has 31 heavy (non-hydrogen) atoms. The number of hydrogen-bond acceptors (Lipinski definition) is 2. The molecule has 0 saturated carbocycles. The number of aryl methyl sites for hydroxylation is 5. The number of alkyl halides is 3. The first-order valence-corrected chi connectivity index (χ1v) is 10.0. The van der Waals surface area contributed by atoms with E-state index >= 15 is 0 Å². The molecule has 0 N–H and O–H groups in total. The van der Waals surface area contributed by atoms with Crippen molar-refractivity contribution in [2.75, 3.05) is 0 Å². The SMILES string of the molecule is Cc1cc(C)c(-c2cc(C)c(-c3cc(F)c(N=C=S)c(C(F)(F)F)c3)c(C)c2)c(C)c1. The summed E-state index contributed by atoms with van der Waals surface area (Å²) in [6, 6.07) is 10.1. The summed E-state index contributed by atoms with van der Waals surface area (Å²) in [5.74, 6) is -1.09. The van der Waals surface area contributed by atoms with E-state index < -0.39 is 23.2 Å². The van der Waals surface area contributed by atoms with Crippen LogP contribution in [0.25, 0.3) is 22.3 Å². The van der Waals surface area contributed by atoms with Crippen molar-refractivity contribution < 1.29 is 17.6 Å². The van der Waals surface area contributed by atoms with E-state index in [1.54, 1.807) is 0 Å². The average molecular weight is 444 g/mol. The largest absolute Gasteiger partial charge is 0.418 e. The van der Waals surface area contributed by atoms with E-state index in [0.29, 0.717) is 5.56 Å². The molecule has 1 nitrogen and oxygen atoms in total. The Morgan fingerprint density at radius 3 is 1.65 bits per heavy atom. The summed E-state index contributed by atoms with van der Waals surface area (Å²) < 4.78 is 55.3. The highest BCUT2D eigenvalue weighted by atomic mass is 32.1. The number of aliphatic imine (C=N–C) groups is 1. The Kier molecular flexibility index (Phi) is 6.17. The molecule has 0 saturated heterocycles. The van der Waals surface area contributed by atoms with E-state index in [4.69, 9.17) is 0 Å². The van der Waals surface area contributed by atoms with Gasteiger partial charge in [0.25, 0.3) is 0 Å². The maximum absolute atomic E-state index is 14.6. The van der Waals surface area contributed by atoms with Crippen molar-refractivity contribution in [3.63, 3.8) is 0 Å². The summed E-state index contributed by atoms with van der Waals surface area (Å²) in [6.45, 7) is 9.74. The van der Waals surface area contributed by atoms with Crippen molar-refractivity contribution >= 4 is 23.1 Å². The summed E-state index contributed by atoms with van der Waals surface area (Å²) in [5.41, 5.74) is 5.69. The minimum atomic E-state index is -4.78. The molecule has 3 rings (SSSR count). The molecule has 3 aromatic rings. The van der Waals surface area contributed by atoms with Gasteiger partial charge in [0.05, 0.1) is 10.7 Å². The predicted octanol–water partition coefficient (Wildman–Crippen LogP) is 8.45. The first kappa shape index (κ1) is 22.9. The Balaban J connectivity index is 2.25. The zero-order chi connectivity index (χ0) is 23.1. The molecule has 0 aliphatic carbocycles. The van der Waals surface area contributed by atoms with Crippen molar-refractivity contribution in [2.45, 2.75) is 40.8 Å². The van der Waals surface area contributed by atoms with Gasteiger partial charge in [0.2, 0.25) is 0 Å². The lowest BCUT2D eigenvalue weighted by Crippen LogP contribution is -2.07. The molecule has 160 valence electrons. The van der Waals surface area contributed by atoms with Crippen molar-refractivity contribution in [3.8, 4) is 22.3 Å². The van der Waals surface area contributed by atoms with Gasteiger partial charge < -0.3 is 0 Å². The standard InChI is InChI=1S/C25H21F4NS/c1-13-6-14(2)22(15(3)7-13)18-8-16(4)23(17(5)9-18)19-10-20(25(27,28)29)24(30-12-31)21(26)11-19/h6-11H,1-5H3. The van der Waals surface area contributed by atoms with Crippen LogP contribution in [0.2, 0.25) is 0 Å². The van der Waals surface area contributed by atoms with Gasteiger partial charge in [0, 0.05) is 0 Å². The van der Waals surface area contributed by atoms with E-state index in [-0.39, 0.29) is 5.56 Å². The van der Waals surface area contributed by atoms with Gasteiger partial charge in [-0.25, -0.2) is 4.39 Å². The van der Waals surface area contributed by atoms with Gasteiger partial charge in [-0.3, -0.25) is 0 Å². The van der Waals surface area contributed by atoms with Gasteiger partial charge >= 0.3 is 6.18 Å². The van der Waals surface area contributed by atoms with Crippen molar-refractivity contribution in [1.82, 2.24) is 0 Å². The van der Waals surface area contributed by atoms with Crippen LogP contribution in [0.4, 0.5) is 23.2 Å². The Bertz CT molecular complexity index is 1190.